The summed E-state index contributed by atoms with van der Waals surface area (Å²) in [5, 5.41) is 3.32. The van der Waals surface area contributed by atoms with Crippen LogP contribution in [0.4, 0.5) is 0 Å². The molecule has 1 aromatic rings. The van der Waals surface area contributed by atoms with Crippen molar-refractivity contribution in [3.8, 4) is 0 Å². The summed E-state index contributed by atoms with van der Waals surface area (Å²) < 4.78 is 0. The summed E-state index contributed by atoms with van der Waals surface area (Å²) in [4.78, 5) is 15.4. The number of hydrogen-bond donors (Lipinski definition) is 2. The average molecular weight is 219 g/mol. The molecule has 1 aliphatic carbocycles. The van der Waals surface area contributed by atoms with Gasteiger partial charge in [-0.3, -0.25) is 15.1 Å². The lowest BCUT2D eigenvalue weighted by molar-refractivity contribution is -0.120. The molecule has 1 amide bonds. The molecule has 1 heterocycles. The molecule has 1 atom stereocenters. The number of nitrogens with zero attached hydrogens (tertiary/aromatic N) is 1. The molecule has 1 unspecified atom stereocenters. The zero-order valence-corrected chi connectivity index (χ0v) is 9.23. The monoisotopic (exact) mass is 219 g/mol. The Balaban J connectivity index is 2.08. The molecule has 1 saturated carbocycles. The number of aromatic nitrogens is 1. The minimum absolute atomic E-state index is 0.333. The molecule has 2 rings (SSSR count). The van der Waals surface area contributed by atoms with Gasteiger partial charge < -0.3 is 5.73 Å². The third-order valence-corrected chi connectivity index (χ3v) is 3.06. The molecule has 0 aliphatic heterocycles. The Hall–Kier alpha value is -1.42. The molecular formula is C12H17N3O. The van der Waals surface area contributed by atoms with Crippen molar-refractivity contribution in [2.75, 3.05) is 0 Å². The van der Waals surface area contributed by atoms with Gasteiger partial charge in [-0.25, -0.2) is 0 Å². The van der Waals surface area contributed by atoms with E-state index < -0.39 is 6.04 Å². The number of amides is 1. The smallest absolute Gasteiger partial charge is 0.239 e. The summed E-state index contributed by atoms with van der Waals surface area (Å²) in [6.07, 6.45) is 8.11. The molecule has 0 bridgehead atoms. The van der Waals surface area contributed by atoms with E-state index in [4.69, 9.17) is 5.73 Å². The summed E-state index contributed by atoms with van der Waals surface area (Å²) in [6, 6.07) is 3.71. The van der Waals surface area contributed by atoms with Crippen LogP contribution in [-0.4, -0.2) is 16.9 Å². The predicted octanol–water partition coefficient (Wildman–Crippen LogP) is 1.14. The van der Waals surface area contributed by atoms with Gasteiger partial charge in [0.1, 0.15) is 6.04 Å². The van der Waals surface area contributed by atoms with Crippen LogP contribution in [0.3, 0.4) is 0 Å². The first-order valence-electron chi connectivity index (χ1n) is 5.72. The van der Waals surface area contributed by atoms with Crippen LogP contribution in [0, 0.1) is 0 Å². The maximum Gasteiger partial charge on any atom is 0.239 e. The zero-order valence-electron chi connectivity index (χ0n) is 9.23. The standard InChI is InChI=1S/C12H17N3O/c13-12(16)11(9-4-3-7-14-8-9)15-10-5-1-2-6-10/h3-4,7-8,10-11,15H,1-2,5-6H2,(H2,13,16). The summed E-state index contributed by atoms with van der Waals surface area (Å²) in [6.45, 7) is 0. The lowest BCUT2D eigenvalue weighted by atomic mass is 10.1. The summed E-state index contributed by atoms with van der Waals surface area (Å²) >= 11 is 0. The number of nitrogens with one attached hydrogen (secondary N) is 1. The van der Waals surface area contributed by atoms with E-state index in [-0.39, 0.29) is 5.91 Å². The van der Waals surface area contributed by atoms with Gasteiger partial charge in [-0.2, -0.15) is 0 Å². The van der Waals surface area contributed by atoms with E-state index in [1.54, 1.807) is 12.4 Å². The molecule has 1 fully saturated rings. The van der Waals surface area contributed by atoms with Gasteiger partial charge in [-0.15, -0.1) is 0 Å². The van der Waals surface area contributed by atoms with Crippen LogP contribution in [0.1, 0.15) is 37.3 Å². The molecule has 0 aromatic carbocycles. The SMILES string of the molecule is NC(=O)C(NC1CCCC1)c1cccnc1. The van der Waals surface area contributed by atoms with Gasteiger partial charge in [0.05, 0.1) is 0 Å². The van der Waals surface area contributed by atoms with Crippen LogP contribution in [0.5, 0.6) is 0 Å². The molecule has 0 radical (unpaired) electrons. The number of carbonyl (C=O) groups excluding carboxylic acids is 1. The highest BCUT2D eigenvalue weighted by molar-refractivity contribution is 5.81. The van der Waals surface area contributed by atoms with Crippen molar-refractivity contribution in [2.24, 2.45) is 5.73 Å². The fourth-order valence-corrected chi connectivity index (χ4v) is 2.22. The van der Waals surface area contributed by atoms with Gasteiger partial charge >= 0.3 is 0 Å². The van der Waals surface area contributed by atoms with Crippen molar-refractivity contribution in [1.29, 1.82) is 0 Å². The Kier molecular flexibility index (Phi) is 3.51. The van der Waals surface area contributed by atoms with Crippen molar-refractivity contribution in [2.45, 2.75) is 37.8 Å². The van der Waals surface area contributed by atoms with E-state index in [0.29, 0.717) is 6.04 Å². The molecule has 4 heteroatoms. The zero-order chi connectivity index (χ0) is 11.4. The van der Waals surface area contributed by atoms with Gasteiger partial charge in [0.2, 0.25) is 5.91 Å². The number of pyridine rings is 1. The molecule has 0 saturated heterocycles. The normalized spacial score (nSPS) is 18.5. The Labute approximate surface area is 95.3 Å². The van der Waals surface area contributed by atoms with E-state index >= 15 is 0 Å². The fourth-order valence-electron chi connectivity index (χ4n) is 2.22. The van der Waals surface area contributed by atoms with Gasteiger partial charge in [-0.05, 0) is 24.5 Å². The first-order valence-corrected chi connectivity index (χ1v) is 5.72. The largest absolute Gasteiger partial charge is 0.368 e. The Morgan fingerprint density at radius 2 is 2.25 bits per heavy atom. The summed E-state index contributed by atoms with van der Waals surface area (Å²) in [7, 11) is 0. The molecule has 86 valence electrons. The molecule has 0 spiro atoms. The molecule has 3 N–H and O–H groups in total. The highest BCUT2D eigenvalue weighted by Gasteiger charge is 2.23. The van der Waals surface area contributed by atoms with Crippen molar-refractivity contribution in [3.05, 3.63) is 30.1 Å². The van der Waals surface area contributed by atoms with E-state index in [9.17, 15) is 4.79 Å². The van der Waals surface area contributed by atoms with Gasteiger partial charge in [-0.1, -0.05) is 18.9 Å². The maximum absolute atomic E-state index is 11.4. The Morgan fingerprint density at radius 1 is 1.50 bits per heavy atom. The quantitative estimate of drug-likeness (QED) is 0.798. The number of primary amides is 1. The minimum atomic E-state index is -0.406. The first-order chi connectivity index (χ1) is 7.77. The molecule has 16 heavy (non-hydrogen) atoms. The van der Waals surface area contributed by atoms with Gasteiger partial charge in [0.15, 0.2) is 0 Å². The van der Waals surface area contributed by atoms with Crippen molar-refractivity contribution in [1.82, 2.24) is 10.3 Å². The number of carbonyl (C=O) groups is 1. The van der Waals surface area contributed by atoms with Crippen LogP contribution >= 0.6 is 0 Å². The minimum Gasteiger partial charge on any atom is -0.368 e. The number of hydrogen-bond acceptors (Lipinski definition) is 3. The summed E-state index contributed by atoms with van der Waals surface area (Å²) in [5.41, 5.74) is 6.27. The lowest BCUT2D eigenvalue weighted by Crippen LogP contribution is -2.38. The lowest BCUT2D eigenvalue weighted by Gasteiger charge is -2.20. The second kappa shape index (κ2) is 5.07. The first kappa shape index (κ1) is 11.1. The third kappa shape index (κ3) is 2.58. The highest BCUT2D eigenvalue weighted by Crippen LogP contribution is 2.21. The second-order valence-electron chi connectivity index (χ2n) is 4.27. The van der Waals surface area contributed by atoms with Crippen LogP contribution < -0.4 is 11.1 Å². The van der Waals surface area contributed by atoms with Crippen molar-refractivity contribution in [3.63, 3.8) is 0 Å². The van der Waals surface area contributed by atoms with E-state index in [0.717, 1.165) is 18.4 Å². The topological polar surface area (TPSA) is 68.0 Å². The number of nitrogens with two attached hydrogens (primary N) is 1. The maximum atomic E-state index is 11.4. The summed E-state index contributed by atoms with van der Waals surface area (Å²) in [5.74, 6) is -0.333. The molecule has 1 aromatic heterocycles. The number of rotatable bonds is 4. The Bertz CT molecular complexity index is 347. The van der Waals surface area contributed by atoms with E-state index in [1.165, 1.54) is 12.8 Å². The van der Waals surface area contributed by atoms with Crippen LogP contribution in [0.25, 0.3) is 0 Å². The van der Waals surface area contributed by atoms with Crippen LogP contribution in [0.15, 0.2) is 24.5 Å². The van der Waals surface area contributed by atoms with Crippen LogP contribution in [0.2, 0.25) is 0 Å². The van der Waals surface area contributed by atoms with Gasteiger partial charge in [0.25, 0.3) is 0 Å². The van der Waals surface area contributed by atoms with Gasteiger partial charge in [0, 0.05) is 18.4 Å². The molecule has 4 nitrogen and oxygen atoms in total. The fraction of sp³-hybridized carbons (Fsp3) is 0.500. The Morgan fingerprint density at radius 3 is 2.81 bits per heavy atom. The average Bonchev–Trinajstić information content (AvgIpc) is 2.79. The van der Waals surface area contributed by atoms with E-state index in [1.807, 2.05) is 12.1 Å². The van der Waals surface area contributed by atoms with Crippen LogP contribution in [-0.2, 0) is 4.79 Å². The van der Waals surface area contributed by atoms with Crippen molar-refractivity contribution < 1.29 is 4.79 Å². The molecule has 1 aliphatic rings. The van der Waals surface area contributed by atoms with Crippen molar-refractivity contribution >= 4 is 5.91 Å². The third-order valence-electron chi connectivity index (χ3n) is 3.06. The second-order valence-corrected chi connectivity index (χ2v) is 4.27. The van der Waals surface area contributed by atoms with E-state index in [2.05, 4.69) is 10.3 Å². The molecular weight excluding hydrogens is 202 g/mol. The predicted molar refractivity (Wildman–Crippen MR) is 61.6 cm³/mol. The highest BCUT2D eigenvalue weighted by atomic mass is 16.1.